The van der Waals surface area contributed by atoms with Gasteiger partial charge < -0.3 is 9.47 Å². The number of halogens is 2. The summed E-state index contributed by atoms with van der Waals surface area (Å²) >= 11 is 12.6. The fourth-order valence-corrected chi connectivity index (χ4v) is 5.21. The van der Waals surface area contributed by atoms with Crippen LogP contribution in [0.5, 0.6) is 5.75 Å². The Balaban J connectivity index is 1.62. The standard InChI is InChI=1S/C22H22Cl2N2O2/c1-21(2)13-22(9-10-27-21)26-19(16-5-3-4-6-20(16)28-22)12-18(25-26)15-8-7-14(23)11-17(15)24/h3-8,11,19H,9-10,12-13H2,1-2H3/t19-,22+/m0/s1. The Bertz CT molecular complexity index is 975. The summed E-state index contributed by atoms with van der Waals surface area (Å²) < 4.78 is 12.6. The molecule has 2 atom stereocenters. The van der Waals surface area contributed by atoms with Gasteiger partial charge in [-0.1, -0.05) is 47.5 Å². The molecule has 0 unspecified atom stereocenters. The van der Waals surface area contributed by atoms with Gasteiger partial charge in [0.25, 0.3) is 0 Å². The highest BCUT2D eigenvalue weighted by Gasteiger charge is 2.54. The van der Waals surface area contributed by atoms with E-state index in [2.05, 4.69) is 37.1 Å². The zero-order chi connectivity index (χ0) is 19.5. The van der Waals surface area contributed by atoms with Crippen LogP contribution in [-0.2, 0) is 4.74 Å². The van der Waals surface area contributed by atoms with Crippen molar-refractivity contribution in [2.24, 2.45) is 5.10 Å². The van der Waals surface area contributed by atoms with Gasteiger partial charge in [-0.05, 0) is 32.0 Å². The average molecular weight is 417 g/mol. The lowest BCUT2D eigenvalue weighted by atomic mass is 9.86. The molecular formula is C22H22Cl2N2O2. The number of benzene rings is 2. The van der Waals surface area contributed by atoms with Crippen molar-refractivity contribution in [3.8, 4) is 5.75 Å². The molecule has 0 radical (unpaired) electrons. The van der Waals surface area contributed by atoms with E-state index >= 15 is 0 Å². The van der Waals surface area contributed by atoms with Gasteiger partial charge in [0.05, 0.1) is 29.0 Å². The Labute approximate surface area is 175 Å². The van der Waals surface area contributed by atoms with Crippen LogP contribution in [0.3, 0.4) is 0 Å². The second-order valence-corrected chi connectivity index (χ2v) is 9.20. The van der Waals surface area contributed by atoms with Crippen LogP contribution < -0.4 is 4.74 Å². The number of hydrogen-bond donors (Lipinski definition) is 0. The first-order valence-electron chi connectivity index (χ1n) is 9.61. The van der Waals surface area contributed by atoms with Crippen LogP contribution in [0.15, 0.2) is 47.6 Å². The number of hydrazone groups is 1. The Morgan fingerprint density at radius 3 is 2.75 bits per heavy atom. The zero-order valence-corrected chi connectivity index (χ0v) is 17.4. The Morgan fingerprint density at radius 2 is 1.96 bits per heavy atom. The summed E-state index contributed by atoms with van der Waals surface area (Å²) in [5.74, 6) is 0.945. The molecule has 0 aliphatic carbocycles. The lowest BCUT2D eigenvalue weighted by molar-refractivity contribution is -0.212. The SMILES string of the molecule is CC1(C)C[C@@]2(CCO1)Oc1ccccc1[C@@H]1CC(c3ccc(Cl)cc3Cl)=NN12. The first-order valence-corrected chi connectivity index (χ1v) is 10.4. The van der Waals surface area contributed by atoms with Crippen molar-refractivity contribution >= 4 is 28.9 Å². The molecule has 28 heavy (non-hydrogen) atoms. The summed E-state index contributed by atoms with van der Waals surface area (Å²) in [7, 11) is 0. The molecule has 1 fully saturated rings. The second-order valence-electron chi connectivity index (χ2n) is 8.36. The fraction of sp³-hybridized carbons (Fsp3) is 0.409. The largest absolute Gasteiger partial charge is 0.466 e. The van der Waals surface area contributed by atoms with Crippen LogP contribution in [0.2, 0.25) is 10.0 Å². The number of fused-ring (bicyclic) bond motifs is 4. The van der Waals surface area contributed by atoms with Crippen molar-refractivity contribution in [2.75, 3.05) is 6.61 Å². The topological polar surface area (TPSA) is 34.1 Å². The normalized spacial score (nSPS) is 27.8. The number of hydrogen-bond acceptors (Lipinski definition) is 4. The Hall–Kier alpha value is -1.75. The Kier molecular flexibility index (Phi) is 4.17. The number of para-hydroxylation sites is 1. The van der Waals surface area contributed by atoms with E-state index in [1.165, 1.54) is 5.56 Å². The van der Waals surface area contributed by atoms with Crippen molar-refractivity contribution in [1.29, 1.82) is 0 Å². The van der Waals surface area contributed by atoms with Crippen LogP contribution in [-0.4, -0.2) is 28.7 Å². The maximum absolute atomic E-state index is 6.63. The molecule has 2 aromatic rings. The first kappa shape index (κ1) is 18.3. The molecule has 3 aliphatic rings. The van der Waals surface area contributed by atoms with Gasteiger partial charge in [0.2, 0.25) is 5.72 Å². The Morgan fingerprint density at radius 1 is 1.14 bits per heavy atom. The smallest absolute Gasteiger partial charge is 0.203 e. The molecule has 146 valence electrons. The van der Waals surface area contributed by atoms with E-state index in [0.29, 0.717) is 16.7 Å². The molecule has 0 aromatic heterocycles. The van der Waals surface area contributed by atoms with Gasteiger partial charge in [0.1, 0.15) is 5.75 Å². The minimum atomic E-state index is -0.512. The van der Waals surface area contributed by atoms with Crippen LogP contribution >= 0.6 is 23.2 Å². The first-order chi connectivity index (χ1) is 13.4. The van der Waals surface area contributed by atoms with Gasteiger partial charge in [-0.3, -0.25) is 0 Å². The summed E-state index contributed by atoms with van der Waals surface area (Å²) in [6.07, 6.45) is 2.30. The van der Waals surface area contributed by atoms with Crippen LogP contribution in [0.25, 0.3) is 0 Å². The van der Waals surface area contributed by atoms with Crippen LogP contribution in [0, 0.1) is 0 Å². The van der Waals surface area contributed by atoms with E-state index < -0.39 is 5.72 Å². The molecule has 5 rings (SSSR count). The molecule has 3 heterocycles. The van der Waals surface area contributed by atoms with Crippen LogP contribution in [0.1, 0.15) is 50.3 Å². The monoisotopic (exact) mass is 416 g/mol. The molecule has 1 spiro atoms. The lowest BCUT2D eigenvalue weighted by Crippen LogP contribution is -2.60. The zero-order valence-electron chi connectivity index (χ0n) is 15.9. The second kappa shape index (κ2) is 6.38. The van der Waals surface area contributed by atoms with E-state index in [1.54, 1.807) is 6.07 Å². The fourth-order valence-electron chi connectivity index (χ4n) is 4.69. The van der Waals surface area contributed by atoms with E-state index in [-0.39, 0.29) is 11.6 Å². The number of ether oxygens (including phenoxy) is 2. The molecule has 0 saturated carbocycles. The van der Waals surface area contributed by atoms with E-state index in [0.717, 1.165) is 36.3 Å². The van der Waals surface area contributed by atoms with Crippen molar-refractivity contribution in [1.82, 2.24) is 5.01 Å². The summed E-state index contributed by atoms with van der Waals surface area (Å²) in [5.41, 5.74) is 2.28. The summed E-state index contributed by atoms with van der Waals surface area (Å²) in [6, 6.07) is 14.0. The lowest BCUT2D eigenvalue weighted by Gasteiger charge is -2.52. The van der Waals surface area contributed by atoms with Gasteiger partial charge in [0, 0.05) is 35.4 Å². The van der Waals surface area contributed by atoms with Gasteiger partial charge >= 0.3 is 0 Å². The predicted molar refractivity (Wildman–Crippen MR) is 111 cm³/mol. The maximum atomic E-state index is 6.63. The van der Waals surface area contributed by atoms with Gasteiger partial charge in [-0.25, -0.2) is 5.01 Å². The van der Waals surface area contributed by atoms with E-state index in [9.17, 15) is 0 Å². The van der Waals surface area contributed by atoms with Crippen molar-refractivity contribution in [3.63, 3.8) is 0 Å². The van der Waals surface area contributed by atoms with Gasteiger partial charge in [-0.2, -0.15) is 5.10 Å². The highest BCUT2D eigenvalue weighted by Crippen LogP contribution is 2.52. The predicted octanol–water partition coefficient (Wildman–Crippen LogP) is 5.82. The van der Waals surface area contributed by atoms with Gasteiger partial charge in [-0.15, -0.1) is 0 Å². The molecule has 3 aliphatic heterocycles. The van der Waals surface area contributed by atoms with E-state index in [4.69, 9.17) is 37.8 Å². The molecule has 6 heteroatoms. The van der Waals surface area contributed by atoms with Gasteiger partial charge in [0.15, 0.2) is 0 Å². The molecule has 2 aromatic carbocycles. The minimum Gasteiger partial charge on any atom is -0.466 e. The summed E-state index contributed by atoms with van der Waals surface area (Å²) in [6.45, 7) is 4.87. The maximum Gasteiger partial charge on any atom is 0.203 e. The van der Waals surface area contributed by atoms with Crippen molar-refractivity contribution in [2.45, 2.75) is 50.5 Å². The van der Waals surface area contributed by atoms with Crippen molar-refractivity contribution in [3.05, 3.63) is 63.6 Å². The molecule has 0 bridgehead atoms. The third-order valence-electron chi connectivity index (χ3n) is 5.84. The highest BCUT2D eigenvalue weighted by atomic mass is 35.5. The molecule has 0 N–H and O–H groups in total. The quantitative estimate of drug-likeness (QED) is 0.586. The average Bonchev–Trinajstić information content (AvgIpc) is 3.07. The third kappa shape index (κ3) is 2.90. The van der Waals surface area contributed by atoms with E-state index in [1.807, 2.05) is 18.2 Å². The highest BCUT2D eigenvalue weighted by molar-refractivity contribution is 6.37. The molecular weight excluding hydrogens is 395 g/mol. The summed E-state index contributed by atoms with van der Waals surface area (Å²) in [4.78, 5) is 0. The van der Waals surface area contributed by atoms with Crippen LogP contribution in [0.4, 0.5) is 0 Å². The minimum absolute atomic E-state index is 0.126. The number of nitrogens with zero attached hydrogens (tertiary/aromatic N) is 2. The molecule has 4 nitrogen and oxygen atoms in total. The number of rotatable bonds is 1. The molecule has 1 saturated heterocycles. The summed E-state index contributed by atoms with van der Waals surface area (Å²) in [5, 5.41) is 8.47. The molecule has 0 amide bonds. The third-order valence-corrected chi connectivity index (χ3v) is 6.38. The van der Waals surface area contributed by atoms with Crippen molar-refractivity contribution < 1.29 is 9.47 Å².